The monoisotopic (exact) mass is 629 g/mol. The number of carbonyl (C=O) groups is 2. The lowest BCUT2D eigenvalue weighted by atomic mass is 10.0. The first-order chi connectivity index (χ1) is 22.4. The van der Waals surface area contributed by atoms with Crippen LogP contribution in [0.5, 0.6) is 0 Å². The molecule has 9 heteroatoms. The van der Waals surface area contributed by atoms with Gasteiger partial charge in [-0.1, -0.05) is 72.8 Å². The molecule has 1 heterocycles. The molecule has 2 aliphatic rings. The first-order valence-electron chi connectivity index (χ1n) is 16.2. The summed E-state index contributed by atoms with van der Waals surface area (Å²) in [5.41, 5.74) is 5.32. The lowest BCUT2D eigenvalue weighted by Gasteiger charge is -2.22. The van der Waals surface area contributed by atoms with Crippen molar-refractivity contribution in [1.82, 2.24) is 9.80 Å². The largest absolute Gasteiger partial charge is 0.446 e. The molecule has 2 fully saturated rings. The van der Waals surface area contributed by atoms with E-state index in [4.69, 9.17) is 18.9 Å². The van der Waals surface area contributed by atoms with Crippen LogP contribution in [-0.2, 0) is 36.7 Å². The van der Waals surface area contributed by atoms with Crippen LogP contribution in [0.4, 0.5) is 10.5 Å². The minimum atomic E-state index is -0.426. The lowest BCUT2D eigenvalue weighted by Crippen LogP contribution is -2.36. The van der Waals surface area contributed by atoms with Gasteiger partial charge in [0.1, 0.15) is 6.10 Å². The van der Waals surface area contributed by atoms with E-state index < -0.39 is 6.29 Å². The molecule has 0 radical (unpaired) electrons. The third kappa shape index (κ3) is 9.39. The van der Waals surface area contributed by atoms with Crippen LogP contribution >= 0.6 is 0 Å². The number of methoxy groups -OCH3 is 2. The van der Waals surface area contributed by atoms with E-state index in [2.05, 4.69) is 34.5 Å². The van der Waals surface area contributed by atoms with Crippen LogP contribution in [0.15, 0.2) is 78.9 Å². The Balaban J connectivity index is 0.980. The number of hydrogen-bond donors (Lipinski definition) is 1. The van der Waals surface area contributed by atoms with E-state index in [9.17, 15) is 9.59 Å². The Morgan fingerprint density at radius 3 is 2.22 bits per heavy atom. The molecule has 1 N–H and O–H groups in total. The van der Waals surface area contributed by atoms with Crippen molar-refractivity contribution in [3.05, 3.63) is 90.0 Å². The zero-order valence-electron chi connectivity index (χ0n) is 27.2. The van der Waals surface area contributed by atoms with Crippen LogP contribution in [-0.4, -0.2) is 88.3 Å². The second-order valence-electron chi connectivity index (χ2n) is 12.4. The van der Waals surface area contributed by atoms with Crippen LogP contribution in [0.2, 0.25) is 0 Å². The molecule has 0 spiro atoms. The predicted molar refractivity (Wildman–Crippen MR) is 178 cm³/mol. The third-order valence-corrected chi connectivity index (χ3v) is 9.10. The molecule has 9 nitrogen and oxygen atoms in total. The molecule has 0 unspecified atom stereocenters. The van der Waals surface area contributed by atoms with Crippen molar-refractivity contribution in [2.75, 3.05) is 59.4 Å². The summed E-state index contributed by atoms with van der Waals surface area (Å²) in [6.07, 6.45) is 2.12. The summed E-state index contributed by atoms with van der Waals surface area (Å²) < 4.78 is 21.9. The number of amides is 2. The lowest BCUT2D eigenvalue weighted by molar-refractivity contribution is -0.143. The number of rotatable bonds is 15. The highest BCUT2D eigenvalue weighted by Crippen LogP contribution is 2.40. The van der Waals surface area contributed by atoms with Gasteiger partial charge < -0.3 is 23.8 Å². The Morgan fingerprint density at radius 1 is 0.870 bits per heavy atom. The molecular weight excluding hydrogens is 582 g/mol. The quantitative estimate of drug-likeness (QED) is 0.167. The number of benzene rings is 3. The average Bonchev–Trinajstić information content (AvgIpc) is 3.62. The van der Waals surface area contributed by atoms with Gasteiger partial charge in [0.15, 0.2) is 6.29 Å². The summed E-state index contributed by atoms with van der Waals surface area (Å²) in [5, 5.41) is 2.98. The van der Waals surface area contributed by atoms with E-state index in [1.807, 2.05) is 54.6 Å². The smallest absolute Gasteiger partial charge is 0.411 e. The number of likely N-dealkylation sites (N-methyl/N-ethyl adjacent to an activating group) is 1. The van der Waals surface area contributed by atoms with Crippen LogP contribution in [0.1, 0.15) is 30.4 Å². The number of para-hydroxylation sites is 1. The van der Waals surface area contributed by atoms with E-state index in [-0.39, 0.29) is 18.1 Å². The first kappa shape index (κ1) is 33.6. The summed E-state index contributed by atoms with van der Waals surface area (Å²) >= 11 is 0. The van der Waals surface area contributed by atoms with Gasteiger partial charge in [0.2, 0.25) is 5.91 Å². The maximum atomic E-state index is 12.8. The Bertz CT molecular complexity index is 1380. The Morgan fingerprint density at radius 2 is 1.52 bits per heavy atom. The zero-order valence-corrected chi connectivity index (χ0v) is 27.2. The van der Waals surface area contributed by atoms with Crippen molar-refractivity contribution in [3.63, 3.8) is 0 Å². The van der Waals surface area contributed by atoms with Gasteiger partial charge in [0.25, 0.3) is 0 Å². The molecule has 1 saturated carbocycles. The van der Waals surface area contributed by atoms with E-state index in [0.29, 0.717) is 38.0 Å². The standard InChI is InChI=1S/C37H47N3O6/c1-39(26-36(43-2)44-3)35(41)18-20-45-19-17-27-13-15-28(16-14-27)23-40-24-30-21-32(22-31(30)25-40)46-37(42)38-34-12-8-7-11-33(34)29-9-5-4-6-10-29/h4-16,30-32,36H,17-26H2,1-3H3,(H,38,42)/t30-,31+,32+. The van der Waals surface area contributed by atoms with Crippen molar-refractivity contribution < 1.29 is 28.5 Å². The molecule has 2 amide bonds. The zero-order chi connectivity index (χ0) is 32.3. The molecule has 1 aliphatic carbocycles. The molecule has 46 heavy (non-hydrogen) atoms. The van der Waals surface area contributed by atoms with Gasteiger partial charge in [-0.3, -0.25) is 15.0 Å². The van der Waals surface area contributed by atoms with Crippen molar-refractivity contribution in [2.45, 2.75) is 44.6 Å². The molecule has 3 aromatic carbocycles. The number of anilines is 1. The maximum absolute atomic E-state index is 12.8. The summed E-state index contributed by atoms with van der Waals surface area (Å²) in [4.78, 5) is 29.2. The minimum Gasteiger partial charge on any atom is -0.446 e. The van der Waals surface area contributed by atoms with E-state index >= 15 is 0 Å². The predicted octanol–water partition coefficient (Wildman–Crippen LogP) is 5.84. The topological polar surface area (TPSA) is 89.6 Å². The van der Waals surface area contributed by atoms with Gasteiger partial charge in [-0.2, -0.15) is 0 Å². The van der Waals surface area contributed by atoms with Gasteiger partial charge in [-0.15, -0.1) is 0 Å². The second-order valence-corrected chi connectivity index (χ2v) is 12.4. The van der Waals surface area contributed by atoms with Gasteiger partial charge in [-0.25, -0.2) is 4.79 Å². The number of nitrogens with one attached hydrogen (secondary N) is 1. The number of hydrogen-bond acceptors (Lipinski definition) is 7. The Labute approximate surface area is 272 Å². The van der Waals surface area contributed by atoms with Gasteiger partial charge in [-0.05, 0) is 53.9 Å². The molecule has 0 bridgehead atoms. The molecule has 3 aromatic rings. The summed E-state index contributed by atoms with van der Waals surface area (Å²) in [6, 6.07) is 26.6. The van der Waals surface area contributed by atoms with Crippen LogP contribution in [0.3, 0.4) is 0 Å². The number of nitrogens with zero attached hydrogens (tertiary/aromatic N) is 2. The highest BCUT2D eigenvalue weighted by Gasteiger charge is 2.42. The summed E-state index contributed by atoms with van der Waals surface area (Å²) in [6.45, 7) is 4.34. The summed E-state index contributed by atoms with van der Waals surface area (Å²) in [5.74, 6) is 1.11. The molecule has 5 rings (SSSR count). The molecule has 3 atom stereocenters. The highest BCUT2D eigenvalue weighted by molar-refractivity contribution is 5.91. The van der Waals surface area contributed by atoms with E-state index in [1.165, 1.54) is 11.1 Å². The fourth-order valence-electron chi connectivity index (χ4n) is 6.60. The molecule has 0 aromatic heterocycles. The molecular formula is C37H47N3O6. The molecule has 246 valence electrons. The van der Waals surface area contributed by atoms with Crippen molar-refractivity contribution in [1.29, 1.82) is 0 Å². The van der Waals surface area contributed by atoms with Gasteiger partial charge in [0, 0.05) is 46.5 Å². The number of carbonyl (C=O) groups excluding carboxylic acids is 2. The SMILES string of the molecule is COC(CN(C)C(=O)CCOCCc1ccc(CN2C[C@H]3C[C@H](OC(=O)Nc4ccccc4-c4ccccc4)C[C@H]3C2)cc1)OC. The number of likely N-dealkylation sites (tertiary alicyclic amines) is 1. The normalized spacial score (nSPS) is 19.3. The first-order valence-corrected chi connectivity index (χ1v) is 16.2. The Kier molecular flexibility index (Phi) is 12.2. The highest BCUT2D eigenvalue weighted by atomic mass is 16.7. The average molecular weight is 630 g/mol. The second kappa shape index (κ2) is 16.7. The van der Waals surface area contributed by atoms with Crippen LogP contribution in [0.25, 0.3) is 11.1 Å². The summed E-state index contributed by atoms with van der Waals surface area (Å²) in [7, 11) is 4.86. The fourth-order valence-corrected chi connectivity index (χ4v) is 6.60. The minimum absolute atomic E-state index is 0.00346. The van der Waals surface area contributed by atoms with Crippen LogP contribution in [0, 0.1) is 11.8 Å². The Hall–Kier alpha value is -3.76. The van der Waals surface area contributed by atoms with Crippen molar-refractivity contribution in [3.8, 4) is 11.1 Å². The molecule has 1 saturated heterocycles. The van der Waals surface area contributed by atoms with Crippen molar-refractivity contribution >= 4 is 17.7 Å². The number of fused-ring (bicyclic) bond motifs is 1. The van der Waals surface area contributed by atoms with Gasteiger partial charge >= 0.3 is 6.09 Å². The number of ether oxygens (including phenoxy) is 4. The van der Waals surface area contributed by atoms with Crippen molar-refractivity contribution in [2.24, 2.45) is 11.8 Å². The van der Waals surface area contributed by atoms with E-state index in [1.54, 1.807) is 26.2 Å². The maximum Gasteiger partial charge on any atom is 0.411 e. The fraction of sp³-hybridized carbons (Fsp3) is 0.459. The third-order valence-electron chi connectivity index (χ3n) is 9.10. The van der Waals surface area contributed by atoms with Gasteiger partial charge in [0.05, 0.1) is 31.9 Å². The van der Waals surface area contributed by atoms with Crippen LogP contribution < -0.4 is 5.32 Å². The van der Waals surface area contributed by atoms with E-state index in [0.717, 1.165) is 55.7 Å². The molecule has 1 aliphatic heterocycles.